The molecular weight excluding hydrogens is 434 g/mol. The second-order valence-electron chi connectivity index (χ2n) is 7.59. The molecule has 0 aromatic heterocycles. The maximum absolute atomic E-state index is 10.7. The number of carboxylic acid groups (broad SMARTS) is 1. The molecular formula is C27H24ClN3O2. The number of nitrogens with one attached hydrogen (secondary N) is 3. The van der Waals surface area contributed by atoms with Gasteiger partial charge in [0.1, 0.15) is 0 Å². The summed E-state index contributed by atoms with van der Waals surface area (Å²) in [6.45, 7) is 0.938. The van der Waals surface area contributed by atoms with Gasteiger partial charge in [-0.2, -0.15) is 0 Å². The molecule has 5 nitrogen and oxygen atoms in total. The first-order valence-electron chi connectivity index (χ1n) is 10.6. The van der Waals surface area contributed by atoms with Crippen LogP contribution in [0, 0.1) is 0 Å². The minimum absolute atomic E-state index is 0.267. The predicted octanol–water partition coefficient (Wildman–Crippen LogP) is 7.13. The van der Waals surface area contributed by atoms with E-state index in [-0.39, 0.29) is 6.54 Å². The van der Waals surface area contributed by atoms with Crippen molar-refractivity contribution in [2.75, 3.05) is 10.6 Å². The summed E-state index contributed by atoms with van der Waals surface area (Å²) >= 11 is 6.24. The first-order chi connectivity index (χ1) is 16.1. The third kappa shape index (κ3) is 6.28. The van der Waals surface area contributed by atoms with Gasteiger partial charge in [-0.15, -0.1) is 0 Å². The fourth-order valence-corrected chi connectivity index (χ4v) is 3.63. The molecule has 0 aliphatic heterocycles. The van der Waals surface area contributed by atoms with Crippen LogP contribution >= 0.6 is 11.6 Å². The van der Waals surface area contributed by atoms with Crippen molar-refractivity contribution in [3.05, 3.63) is 113 Å². The number of hydrogen-bond acceptors (Lipinski definition) is 3. The summed E-state index contributed by atoms with van der Waals surface area (Å²) in [7, 11) is 0. The van der Waals surface area contributed by atoms with Crippen LogP contribution in [0.4, 0.5) is 21.9 Å². The Morgan fingerprint density at radius 1 is 0.727 bits per heavy atom. The first kappa shape index (κ1) is 22.2. The summed E-state index contributed by atoms with van der Waals surface area (Å²) in [5, 5.41) is 18.6. The zero-order valence-electron chi connectivity index (χ0n) is 17.9. The van der Waals surface area contributed by atoms with Gasteiger partial charge < -0.3 is 21.1 Å². The molecule has 0 aliphatic carbocycles. The molecule has 0 saturated carbocycles. The fraction of sp³-hybridized carbons (Fsp3) is 0.0741. The van der Waals surface area contributed by atoms with Crippen LogP contribution < -0.4 is 16.0 Å². The summed E-state index contributed by atoms with van der Waals surface area (Å²) in [5.41, 5.74) is 7.12. The average molecular weight is 458 g/mol. The highest BCUT2D eigenvalue weighted by molar-refractivity contribution is 6.31. The van der Waals surface area contributed by atoms with Crippen molar-refractivity contribution in [2.24, 2.45) is 0 Å². The van der Waals surface area contributed by atoms with Gasteiger partial charge in [0.15, 0.2) is 0 Å². The van der Waals surface area contributed by atoms with Gasteiger partial charge in [0, 0.05) is 23.8 Å². The highest BCUT2D eigenvalue weighted by Crippen LogP contribution is 2.29. The third-order valence-electron chi connectivity index (χ3n) is 5.20. The minimum atomic E-state index is -1.04. The van der Waals surface area contributed by atoms with E-state index in [0.29, 0.717) is 11.6 Å². The molecule has 0 radical (unpaired) electrons. The molecule has 0 fully saturated rings. The molecule has 4 aromatic carbocycles. The van der Waals surface area contributed by atoms with Gasteiger partial charge in [-0.3, -0.25) is 0 Å². The van der Waals surface area contributed by atoms with E-state index in [9.17, 15) is 4.79 Å². The van der Waals surface area contributed by atoms with E-state index >= 15 is 0 Å². The molecule has 4 N–H and O–H groups in total. The monoisotopic (exact) mass is 457 g/mol. The van der Waals surface area contributed by atoms with Crippen molar-refractivity contribution in [1.82, 2.24) is 5.32 Å². The van der Waals surface area contributed by atoms with Crippen molar-refractivity contribution < 1.29 is 9.90 Å². The van der Waals surface area contributed by atoms with Crippen LogP contribution in [0.15, 0.2) is 97.1 Å². The van der Waals surface area contributed by atoms with E-state index in [0.717, 1.165) is 22.6 Å². The van der Waals surface area contributed by atoms with Crippen molar-refractivity contribution in [1.29, 1.82) is 0 Å². The predicted molar refractivity (Wildman–Crippen MR) is 135 cm³/mol. The molecule has 33 heavy (non-hydrogen) atoms. The lowest BCUT2D eigenvalue weighted by atomic mass is 10.0. The minimum Gasteiger partial charge on any atom is -0.465 e. The average Bonchev–Trinajstić information content (AvgIpc) is 2.84. The van der Waals surface area contributed by atoms with Gasteiger partial charge in [-0.1, -0.05) is 78.3 Å². The Kier molecular flexibility index (Phi) is 7.12. The highest BCUT2D eigenvalue weighted by Gasteiger charge is 2.06. The Balaban J connectivity index is 1.42. The Bertz CT molecular complexity index is 1210. The maximum Gasteiger partial charge on any atom is 0.404 e. The van der Waals surface area contributed by atoms with Crippen LogP contribution in [0.3, 0.4) is 0 Å². The Labute approximate surface area is 198 Å². The number of anilines is 3. The zero-order valence-corrected chi connectivity index (χ0v) is 18.6. The topological polar surface area (TPSA) is 73.4 Å². The van der Waals surface area contributed by atoms with Gasteiger partial charge in [0.25, 0.3) is 0 Å². The van der Waals surface area contributed by atoms with Crippen LogP contribution in [-0.4, -0.2) is 11.2 Å². The van der Waals surface area contributed by atoms with Gasteiger partial charge >= 0.3 is 6.09 Å². The fourth-order valence-electron chi connectivity index (χ4n) is 3.46. The molecule has 6 heteroatoms. The number of benzene rings is 4. The summed E-state index contributed by atoms with van der Waals surface area (Å²) in [4.78, 5) is 10.7. The quantitative estimate of drug-likeness (QED) is 0.227. The SMILES string of the molecule is O=C(O)NCc1ccc(Nc2cc(Cl)ccc2NCc2ccc(-c3ccccc3)cc2)cc1. The lowest BCUT2D eigenvalue weighted by molar-refractivity contribution is 0.194. The van der Waals surface area contributed by atoms with Crippen LogP contribution in [-0.2, 0) is 13.1 Å². The standard InChI is InChI=1S/C27H24ClN3O2/c28-23-12-15-25(26(16-23)31-24-13-8-20(9-14-24)18-30-27(32)33)29-17-19-6-10-22(11-7-19)21-4-2-1-3-5-21/h1-16,29-31H,17-18H2,(H,32,33). The highest BCUT2D eigenvalue weighted by atomic mass is 35.5. The molecule has 1 amide bonds. The summed E-state index contributed by atoms with van der Waals surface area (Å²) in [6.07, 6.45) is -1.04. The van der Waals surface area contributed by atoms with E-state index in [1.165, 1.54) is 16.7 Å². The van der Waals surface area contributed by atoms with Gasteiger partial charge in [0.2, 0.25) is 0 Å². The Hall–Kier alpha value is -3.96. The van der Waals surface area contributed by atoms with Crippen molar-refractivity contribution in [3.8, 4) is 11.1 Å². The smallest absolute Gasteiger partial charge is 0.404 e. The number of hydrogen-bond donors (Lipinski definition) is 4. The lowest BCUT2D eigenvalue weighted by Crippen LogP contribution is -2.19. The second-order valence-corrected chi connectivity index (χ2v) is 8.02. The number of carbonyl (C=O) groups is 1. The number of rotatable bonds is 8. The second kappa shape index (κ2) is 10.6. The van der Waals surface area contributed by atoms with Gasteiger partial charge in [0.05, 0.1) is 11.4 Å². The molecule has 0 unspecified atom stereocenters. The summed E-state index contributed by atoms with van der Waals surface area (Å²) < 4.78 is 0. The molecule has 0 spiro atoms. The summed E-state index contributed by atoms with van der Waals surface area (Å²) in [5.74, 6) is 0. The van der Waals surface area contributed by atoms with Gasteiger partial charge in [-0.05, 0) is 52.6 Å². The molecule has 0 bridgehead atoms. The number of amides is 1. The molecule has 4 aromatic rings. The number of halogens is 1. The van der Waals surface area contributed by atoms with E-state index in [1.54, 1.807) is 0 Å². The summed E-state index contributed by atoms with van der Waals surface area (Å²) in [6, 6.07) is 32.1. The molecule has 0 atom stereocenters. The van der Waals surface area contributed by atoms with Crippen LogP contribution in [0.5, 0.6) is 0 Å². The molecule has 166 valence electrons. The molecule has 0 saturated heterocycles. The van der Waals surface area contributed by atoms with Crippen LogP contribution in [0.25, 0.3) is 11.1 Å². The van der Waals surface area contributed by atoms with E-state index < -0.39 is 6.09 Å². The van der Waals surface area contributed by atoms with E-state index in [2.05, 4.69) is 52.3 Å². The zero-order chi connectivity index (χ0) is 23.0. The van der Waals surface area contributed by atoms with Crippen LogP contribution in [0.1, 0.15) is 11.1 Å². The van der Waals surface area contributed by atoms with E-state index in [4.69, 9.17) is 16.7 Å². The van der Waals surface area contributed by atoms with Crippen molar-refractivity contribution >= 4 is 34.8 Å². The van der Waals surface area contributed by atoms with Crippen LogP contribution in [0.2, 0.25) is 5.02 Å². The van der Waals surface area contributed by atoms with Gasteiger partial charge in [-0.25, -0.2) is 4.79 Å². The maximum atomic E-state index is 10.7. The molecule has 0 heterocycles. The molecule has 0 aliphatic rings. The third-order valence-corrected chi connectivity index (χ3v) is 5.44. The lowest BCUT2D eigenvalue weighted by Gasteiger charge is -2.15. The molecule has 4 rings (SSSR count). The van der Waals surface area contributed by atoms with Crippen molar-refractivity contribution in [3.63, 3.8) is 0 Å². The largest absolute Gasteiger partial charge is 0.465 e. The normalized spacial score (nSPS) is 10.5. The van der Waals surface area contributed by atoms with E-state index in [1.807, 2.05) is 60.7 Å². The van der Waals surface area contributed by atoms with Crippen molar-refractivity contribution in [2.45, 2.75) is 13.1 Å². The Morgan fingerprint density at radius 3 is 2.06 bits per heavy atom. The Morgan fingerprint density at radius 2 is 1.36 bits per heavy atom. The first-order valence-corrected chi connectivity index (χ1v) is 11.0.